The van der Waals surface area contributed by atoms with E-state index in [1.54, 1.807) is 6.07 Å². The molecule has 0 aliphatic carbocycles. The molecule has 0 radical (unpaired) electrons. The van der Waals surface area contributed by atoms with E-state index in [4.69, 9.17) is 11.6 Å². The lowest BCUT2D eigenvalue weighted by atomic mass is 9.88. The SMILES string of the molecule is CC(C)c1ccc(-c2ccc(C=O)cc2Cl)c(C(C)C)c1. The minimum Gasteiger partial charge on any atom is -0.298 e. The predicted molar refractivity (Wildman–Crippen MR) is 90.5 cm³/mol. The van der Waals surface area contributed by atoms with Crippen molar-refractivity contribution in [3.8, 4) is 11.1 Å². The van der Waals surface area contributed by atoms with E-state index in [1.165, 1.54) is 11.1 Å². The highest BCUT2D eigenvalue weighted by Crippen LogP contribution is 2.36. The molecule has 0 heterocycles. The highest BCUT2D eigenvalue weighted by molar-refractivity contribution is 6.33. The second kappa shape index (κ2) is 6.44. The molecule has 0 aliphatic heterocycles. The van der Waals surface area contributed by atoms with Crippen LogP contribution in [0.5, 0.6) is 0 Å². The van der Waals surface area contributed by atoms with Crippen molar-refractivity contribution in [3.63, 3.8) is 0 Å². The van der Waals surface area contributed by atoms with Crippen LogP contribution in [0.1, 0.15) is 61.0 Å². The van der Waals surface area contributed by atoms with Gasteiger partial charge in [0.05, 0.1) is 0 Å². The summed E-state index contributed by atoms with van der Waals surface area (Å²) in [5.41, 5.74) is 5.37. The molecular weight excluding hydrogens is 280 g/mol. The maximum absolute atomic E-state index is 10.8. The Balaban J connectivity index is 2.60. The fraction of sp³-hybridized carbons (Fsp3) is 0.316. The number of benzene rings is 2. The van der Waals surface area contributed by atoms with Gasteiger partial charge >= 0.3 is 0 Å². The highest BCUT2D eigenvalue weighted by Gasteiger charge is 2.13. The van der Waals surface area contributed by atoms with Crippen LogP contribution < -0.4 is 0 Å². The van der Waals surface area contributed by atoms with Crippen LogP contribution in [-0.2, 0) is 0 Å². The highest BCUT2D eigenvalue weighted by atomic mass is 35.5. The van der Waals surface area contributed by atoms with Gasteiger partial charge in [0.15, 0.2) is 0 Å². The van der Waals surface area contributed by atoms with E-state index in [1.807, 2.05) is 12.1 Å². The van der Waals surface area contributed by atoms with Crippen LogP contribution in [0.4, 0.5) is 0 Å². The lowest BCUT2D eigenvalue weighted by Gasteiger charge is -2.17. The summed E-state index contributed by atoms with van der Waals surface area (Å²) in [6, 6.07) is 12.1. The van der Waals surface area contributed by atoms with Crippen molar-refractivity contribution in [2.75, 3.05) is 0 Å². The summed E-state index contributed by atoms with van der Waals surface area (Å²) >= 11 is 6.36. The van der Waals surface area contributed by atoms with Crippen LogP contribution in [0.3, 0.4) is 0 Å². The van der Waals surface area contributed by atoms with Gasteiger partial charge in [-0.25, -0.2) is 0 Å². The number of hydrogen-bond acceptors (Lipinski definition) is 1. The second-order valence-corrected chi connectivity index (χ2v) is 6.42. The third kappa shape index (κ3) is 3.36. The summed E-state index contributed by atoms with van der Waals surface area (Å²) in [6.45, 7) is 8.78. The normalized spacial score (nSPS) is 11.2. The van der Waals surface area contributed by atoms with Crippen LogP contribution in [0.25, 0.3) is 11.1 Å². The van der Waals surface area contributed by atoms with Gasteiger partial charge in [-0.2, -0.15) is 0 Å². The fourth-order valence-electron chi connectivity index (χ4n) is 2.49. The molecule has 2 heteroatoms. The largest absolute Gasteiger partial charge is 0.298 e. The molecule has 0 aromatic heterocycles. The molecule has 0 bridgehead atoms. The van der Waals surface area contributed by atoms with Crippen molar-refractivity contribution in [1.29, 1.82) is 0 Å². The minimum atomic E-state index is 0.417. The predicted octanol–water partition coefficient (Wildman–Crippen LogP) is 6.07. The van der Waals surface area contributed by atoms with Crippen molar-refractivity contribution < 1.29 is 4.79 Å². The number of hydrogen-bond donors (Lipinski definition) is 0. The van der Waals surface area contributed by atoms with E-state index in [0.717, 1.165) is 17.4 Å². The second-order valence-electron chi connectivity index (χ2n) is 6.01. The molecule has 2 aromatic rings. The Morgan fingerprint density at radius 2 is 1.57 bits per heavy atom. The van der Waals surface area contributed by atoms with Gasteiger partial charge in [-0.15, -0.1) is 0 Å². The number of aldehydes is 1. The van der Waals surface area contributed by atoms with E-state index in [9.17, 15) is 4.79 Å². The van der Waals surface area contributed by atoms with Crippen molar-refractivity contribution in [2.45, 2.75) is 39.5 Å². The van der Waals surface area contributed by atoms with Gasteiger partial charge in [0.2, 0.25) is 0 Å². The average molecular weight is 301 g/mol. The molecule has 2 rings (SSSR count). The van der Waals surface area contributed by atoms with E-state index >= 15 is 0 Å². The summed E-state index contributed by atoms with van der Waals surface area (Å²) in [5.74, 6) is 0.921. The zero-order valence-electron chi connectivity index (χ0n) is 13.0. The molecule has 0 unspecified atom stereocenters. The zero-order valence-corrected chi connectivity index (χ0v) is 13.7. The minimum absolute atomic E-state index is 0.417. The molecule has 0 N–H and O–H groups in total. The number of halogens is 1. The van der Waals surface area contributed by atoms with Crippen molar-refractivity contribution in [3.05, 3.63) is 58.1 Å². The summed E-state index contributed by atoms with van der Waals surface area (Å²) < 4.78 is 0. The quantitative estimate of drug-likeness (QED) is 0.627. The number of carbonyl (C=O) groups excluding carboxylic acids is 1. The standard InChI is InChI=1S/C19H21ClO/c1-12(2)15-6-8-16(18(10-15)13(3)4)17-7-5-14(11-21)9-19(17)20/h5-13H,1-4H3. The van der Waals surface area contributed by atoms with Gasteiger partial charge in [-0.3, -0.25) is 4.79 Å². The first kappa shape index (κ1) is 15.8. The lowest BCUT2D eigenvalue weighted by Crippen LogP contribution is -1.97. The van der Waals surface area contributed by atoms with Gasteiger partial charge in [-0.1, -0.05) is 69.6 Å². The van der Waals surface area contributed by atoms with Crippen LogP contribution in [0.2, 0.25) is 5.02 Å². The Kier molecular flexibility index (Phi) is 4.84. The molecule has 0 aliphatic rings. The summed E-state index contributed by atoms with van der Waals surface area (Å²) in [6.07, 6.45) is 0.820. The molecule has 0 fully saturated rings. The van der Waals surface area contributed by atoms with Gasteiger partial charge in [0.1, 0.15) is 6.29 Å². The summed E-state index contributed by atoms with van der Waals surface area (Å²) in [7, 11) is 0. The molecule has 0 saturated carbocycles. The molecule has 0 spiro atoms. The molecule has 21 heavy (non-hydrogen) atoms. The lowest BCUT2D eigenvalue weighted by molar-refractivity contribution is 0.112. The maximum Gasteiger partial charge on any atom is 0.150 e. The van der Waals surface area contributed by atoms with Gasteiger partial charge in [0.25, 0.3) is 0 Å². The summed E-state index contributed by atoms with van der Waals surface area (Å²) in [4.78, 5) is 10.8. The molecule has 1 nitrogen and oxygen atoms in total. The Morgan fingerprint density at radius 1 is 0.905 bits per heavy atom. The van der Waals surface area contributed by atoms with Gasteiger partial charge in [0, 0.05) is 16.1 Å². The summed E-state index contributed by atoms with van der Waals surface area (Å²) in [5, 5.41) is 0.624. The first-order chi connectivity index (χ1) is 9.93. The average Bonchev–Trinajstić information content (AvgIpc) is 2.46. The monoisotopic (exact) mass is 300 g/mol. The first-order valence-electron chi connectivity index (χ1n) is 7.33. The molecular formula is C19H21ClO. The Hall–Kier alpha value is -1.60. The van der Waals surface area contributed by atoms with Crippen LogP contribution in [0.15, 0.2) is 36.4 Å². The Labute approximate surface area is 132 Å². The van der Waals surface area contributed by atoms with E-state index in [0.29, 0.717) is 22.4 Å². The van der Waals surface area contributed by atoms with E-state index < -0.39 is 0 Å². The van der Waals surface area contributed by atoms with Gasteiger partial charge in [-0.05, 0) is 34.6 Å². The van der Waals surface area contributed by atoms with E-state index in [2.05, 4.69) is 45.9 Å². The molecule has 2 aromatic carbocycles. The van der Waals surface area contributed by atoms with Crippen LogP contribution >= 0.6 is 11.6 Å². The molecule has 0 amide bonds. The fourth-order valence-corrected chi connectivity index (χ4v) is 2.78. The Morgan fingerprint density at radius 3 is 2.10 bits per heavy atom. The third-order valence-electron chi connectivity index (χ3n) is 3.78. The number of rotatable bonds is 4. The van der Waals surface area contributed by atoms with Crippen molar-refractivity contribution in [1.82, 2.24) is 0 Å². The maximum atomic E-state index is 10.8. The smallest absolute Gasteiger partial charge is 0.150 e. The van der Waals surface area contributed by atoms with Crippen molar-refractivity contribution in [2.24, 2.45) is 0 Å². The molecule has 0 saturated heterocycles. The van der Waals surface area contributed by atoms with Crippen LogP contribution in [0, 0.1) is 0 Å². The van der Waals surface area contributed by atoms with Crippen LogP contribution in [-0.4, -0.2) is 6.29 Å². The van der Waals surface area contributed by atoms with Gasteiger partial charge < -0.3 is 0 Å². The zero-order chi connectivity index (χ0) is 15.6. The molecule has 110 valence electrons. The third-order valence-corrected chi connectivity index (χ3v) is 4.10. The first-order valence-corrected chi connectivity index (χ1v) is 7.70. The molecule has 0 atom stereocenters. The topological polar surface area (TPSA) is 17.1 Å². The van der Waals surface area contributed by atoms with E-state index in [-0.39, 0.29) is 0 Å². The Bertz CT molecular complexity index is 657. The number of carbonyl (C=O) groups is 1. The van der Waals surface area contributed by atoms with Crippen molar-refractivity contribution >= 4 is 17.9 Å².